The van der Waals surface area contributed by atoms with Crippen molar-refractivity contribution in [3.8, 4) is 0 Å². The van der Waals surface area contributed by atoms with Gasteiger partial charge >= 0.3 is 0 Å². The minimum absolute atomic E-state index is 0.514. The topological polar surface area (TPSA) is 46.9 Å². The Hall–Kier alpha value is -0.680. The standard InChI is InChI=1S/C11H19N3OS/c1-2-14-6-5-12-11(14)9-13-10-3-7-16(15)8-4-10/h5-6,10,13H,2-4,7-9H2,1H3. The lowest BCUT2D eigenvalue weighted by atomic mass is 10.1. The normalized spacial score (nSPS) is 25.8. The van der Waals surface area contributed by atoms with Gasteiger partial charge in [-0.05, 0) is 19.8 Å². The molecule has 1 fully saturated rings. The van der Waals surface area contributed by atoms with E-state index in [4.69, 9.17) is 0 Å². The summed E-state index contributed by atoms with van der Waals surface area (Å²) in [5.41, 5.74) is 0. The van der Waals surface area contributed by atoms with Crippen LogP contribution in [0.4, 0.5) is 0 Å². The fourth-order valence-corrected chi connectivity index (χ4v) is 3.33. The lowest BCUT2D eigenvalue weighted by Crippen LogP contribution is -2.35. The molecule has 16 heavy (non-hydrogen) atoms. The predicted molar refractivity (Wildman–Crippen MR) is 65.6 cm³/mol. The van der Waals surface area contributed by atoms with E-state index in [1.807, 2.05) is 12.4 Å². The van der Waals surface area contributed by atoms with Gasteiger partial charge in [0.2, 0.25) is 0 Å². The van der Waals surface area contributed by atoms with Crippen LogP contribution in [0.3, 0.4) is 0 Å². The van der Waals surface area contributed by atoms with Crippen LogP contribution in [0.25, 0.3) is 0 Å². The van der Waals surface area contributed by atoms with Crippen LogP contribution in [0.15, 0.2) is 12.4 Å². The van der Waals surface area contributed by atoms with Gasteiger partial charge in [-0.1, -0.05) is 0 Å². The zero-order valence-electron chi connectivity index (χ0n) is 9.69. The summed E-state index contributed by atoms with van der Waals surface area (Å²) < 4.78 is 13.4. The summed E-state index contributed by atoms with van der Waals surface area (Å²) in [5.74, 6) is 2.79. The number of aryl methyl sites for hydroxylation is 1. The Balaban J connectivity index is 1.81. The zero-order chi connectivity index (χ0) is 11.4. The first-order valence-corrected chi connectivity index (χ1v) is 7.36. The zero-order valence-corrected chi connectivity index (χ0v) is 10.5. The molecule has 1 aromatic heterocycles. The van der Waals surface area contributed by atoms with Crippen LogP contribution in [-0.4, -0.2) is 31.3 Å². The molecule has 0 aliphatic carbocycles. The Kier molecular flexibility index (Phi) is 4.12. The number of aromatic nitrogens is 2. The number of nitrogens with one attached hydrogen (secondary N) is 1. The minimum Gasteiger partial charge on any atom is -0.334 e. The van der Waals surface area contributed by atoms with Crippen molar-refractivity contribution in [1.82, 2.24) is 14.9 Å². The number of rotatable bonds is 4. The molecule has 0 aromatic carbocycles. The van der Waals surface area contributed by atoms with Crippen molar-refractivity contribution in [2.24, 2.45) is 0 Å². The number of imidazole rings is 1. The molecule has 0 amide bonds. The molecule has 5 heteroatoms. The average molecular weight is 241 g/mol. The highest BCUT2D eigenvalue weighted by atomic mass is 32.2. The summed E-state index contributed by atoms with van der Waals surface area (Å²) in [6.07, 6.45) is 5.91. The van der Waals surface area contributed by atoms with Gasteiger partial charge in [0, 0.05) is 47.3 Å². The Bertz CT molecular complexity index is 354. The Labute approximate surface area is 98.9 Å². The van der Waals surface area contributed by atoms with Crippen LogP contribution < -0.4 is 5.32 Å². The molecule has 4 nitrogen and oxygen atoms in total. The Morgan fingerprint density at radius 2 is 2.31 bits per heavy atom. The van der Waals surface area contributed by atoms with Gasteiger partial charge in [-0.25, -0.2) is 4.98 Å². The maximum Gasteiger partial charge on any atom is 0.122 e. The summed E-state index contributed by atoms with van der Waals surface area (Å²) in [6.45, 7) is 3.90. The van der Waals surface area contributed by atoms with Crippen molar-refractivity contribution in [1.29, 1.82) is 0 Å². The molecule has 0 radical (unpaired) electrons. The van der Waals surface area contributed by atoms with Crippen molar-refractivity contribution in [2.75, 3.05) is 11.5 Å². The first kappa shape index (κ1) is 11.8. The molecule has 0 bridgehead atoms. The van der Waals surface area contributed by atoms with Crippen LogP contribution in [0.2, 0.25) is 0 Å². The highest BCUT2D eigenvalue weighted by Gasteiger charge is 2.17. The molecule has 0 spiro atoms. The Morgan fingerprint density at radius 1 is 1.56 bits per heavy atom. The molecule has 0 atom stereocenters. The highest BCUT2D eigenvalue weighted by Crippen LogP contribution is 2.09. The van der Waals surface area contributed by atoms with E-state index < -0.39 is 10.8 Å². The van der Waals surface area contributed by atoms with Crippen molar-refractivity contribution < 1.29 is 4.21 Å². The summed E-state index contributed by atoms with van der Waals surface area (Å²) in [4.78, 5) is 4.33. The molecule has 2 rings (SSSR count). The van der Waals surface area contributed by atoms with E-state index in [1.165, 1.54) is 0 Å². The second-order valence-electron chi connectivity index (χ2n) is 4.13. The summed E-state index contributed by atoms with van der Waals surface area (Å²) in [5, 5.41) is 3.50. The number of nitrogens with zero attached hydrogens (tertiary/aromatic N) is 2. The van der Waals surface area contributed by atoms with Crippen LogP contribution in [0, 0.1) is 0 Å². The van der Waals surface area contributed by atoms with Gasteiger partial charge < -0.3 is 9.88 Å². The van der Waals surface area contributed by atoms with Crippen molar-refractivity contribution in [3.63, 3.8) is 0 Å². The fourth-order valence-electron chi connectivity index (χ4n) is 2.03. The second kappa shape index (κ2) is 5.59. The van der Waals surface area contributed by atoms with E-state index in [9.17, 15) is 4.21 Å². The summed E-state index contributed by atoms with van der Waals surface area (Å²) in [7, 11) is -0.568. The highest BCUT2D eigenvalue weighted by molar-refractivity contribution is 7.85. The Morgan fingerprint density at radius 3 is 3.00 bits per heavy atom. The average Bonchev–Trinajstić information content (AvgIpc) is 2.76. The van der Waals surface area contributed by atoms with Crippen LogP contribution >= 0.6 is 0 Å². The molecule has 1 aromatic rings. The maximum absolute atomic E-state index is 11.2. The third-order valence-corrected chi connectivity index (χ3v) is 4.46. The second-order valence-corrected chi connectivity index (χ2v) is 5.83. The molecule has 1 saturated heterocycles. The van der Waals surface area contributed by atoms with E-state index in [0.29, 0.717) is 6.04 Å². The van der Waals surface area contributed by atoms with Gasteiger partial charge in [0.05, 0.1) is 6.54 Å². The van der Waals surface area contributed by atoms with Gasteiger partial charge in [-0.2, -0.15) is 0 Å². The molecule has 1 aliphatic rings. The van der Waals surface area contributed by atoms with Crippen molar-refractivity contribution >= 4 is 10.8 Å². The molecule has 0 unspecified atom stereocenters. The first-order chi connectivity index (χ1) is 7.79. The third-order valence-electron chi connectivity index (χ3n) is 3.08. The van der Waals surface area contributed by atoms with Gasteiger partial charge in [0.15, 0.2) is 0 Å². The summed E-state index contributed by atoms with van der Waals surface area (Å²) in [6, 6.07) is 0.514. The molecule has 1 N–H and O–H groups in total. The van der Waals surface area contributed by atoms with Gasteiger partial charge in [0.1, 0.15) is 5.82 Å². The lowest BCUT2D eigenvalue weighted by molar-refractivity contribution is 0.461. The van der Waals surface area contributed by atoms with Crippen molar-refractivity contribution in [2.45, 2.75) is 38.9 Å². The van der Waals surface area contributed by atoms with Crippen LogP contribution in [-0.2, 0) is 23.9 Å². The maximum atomic E-state index is 11.2. The van der Waals surface area contributed by atoms with Gasteiger partial charge in [-0.3, -0.25) is 4.21 Å². The first-order valence-electron chi connectivity index (χ1n) is 5.88. The quantitative estimate of drug-likeness (QED) is 0.852. The van der Waals surface area contributed by atoms with E-state index in [0.717, 1.165) is 43.3 Å². The fraction of sp³-hybridized carbons (Fsp3) is 0.727. The summed E-state index contributed by atoms with van der Waals surface area (Å²) >= 11 is 0. The van der Waals surface area contributed by atoms with E-state index in [1.54, 1.807) is 0 Å². The van der Waals surface area contributed by atoms with Gasteiger partial charge in [-0.15, -0.1) is 0 Å². The van der Waals surface area contributed by atoms with Crippen LogP contribution in [0.5, 0.6) is 0 Å². The smallest absolute Gasteiger partial charge is 0.122 e. The van der Waals surface area contributed by atoms with Gasteiger partial charge in [0.25, 0.3) is 0 Å². The monoisotopic (exact) mass is 241 g/mol. The van der Waals surface area contributed by atoms with E-state index in [2.05, 4.69) is 21.8 Å². The van der Waals surface area contributed by atoms with E-state index in [-0.39, 0.29) is 0 Å². The molecule has 2 heterocycles. The molecule has 90 valence electrons. The third kappa shape index (κ3) is 2.92. The number of hydrogen-bond acceptors (Lipinski definition) is 3. The largest absolute Gasteiger partial charge is 0.334 e. The SMILES string of the molecule is CCn1ccnc1CNC1CCS(=O)CC1. The predicted octanol–water partition coefficient (Wildman–Crippen LogP) is 0.904. The van der Waals surface area contributed by atoms with E-state index >= 15 is 0 Å². The molecule has 1 aliphatic heterocycles. The molecule has 0 saturated carbocycles. The minimum atomic E-state index is -0.568. The van der Waals surface area contributed by atoms with Crippen molar-refractivity contribution in [3.05, 3.63) is 18.2 Å². The molecular weight excluding hydrogens is 222 g/mol. The lowest BCUT2D eigenvalue weighted by Gasteiger charge is -2.22. The number of hydrogen-bond donors (Lipinski definition) is 1. The molecular formula is C11H19N3OS. The van der Waals surface area contributed by atoms with Crippen LogP contribution in [0.1, 0.15) is 25.6 Å².